The lowest BCUT2D eigenvalue weighted by atomic mass is 10.2. The molecule has 0 atom stereocenters. The number of carbonyl (C=O) groups is 1. The lowest BCUT2D eigenvalue weighted by molar-refractivity contribution is 0.102. The molecule has 3 rings (SSSR count). The van der Waals surface area contributed by atoms with Crippen LogP contribution in [0.1, 0.15) is 41.6 Å². The van der Waals surface area contributed by atoms with Crippen molar-refractivity contribution in [3.05, 3.63) is 66.2 Å². The van der Waals surface area contributed by atoms with Gasteiger partial charge >= 0.3 is 0 Å². The summed E-state index contributed by atoms with van der Waals surface area (Å²) in [5.74, 6) is -0.544. The van der Waals surface area contributed by atoms with Gasteiger partial charge in [0.15, 0.2) is 0 Å². The van der Waals surface area contributed by atoms with Crippen LogP contribution in [0, 0.1) is 6.92 Å². The summed E-state index contributed by atoms with van der Waals surface area (Å²) in [6.45, 7) is 6.24. The van der Waals surface area contributed by atoms with Crippen molar-refractivity contribution < 1.29 is 21.6 Å². The monoisotopic (exact) mass is 491 g/mol. The molecule has 33 heavy (non-hydrogen) atoms. The van der Waals surface area contributed by atoms with E-state index < -0.39 is 26.0 Å². The van der Waals surface area contributed by atoms with Gasteiger partial charge in [-0.25, -0.2) is 21.6 Å². The van der Waals surface area contributed by atoms with Gasteiger partial charge in [0.2, 0.25) is 20.0 Å². The Hall–Kier alpha value is -2.53. The Labute approximate surface area is 195 Å². The van der Waals surface area contributed by atoms with Gasteiger partial charge in [0.1, 0.15) is 0 Å². The van der Waals surface area contributed by atoms with Gasteiger partial charge in [0.05, 0.1) is 9.79 Å². The first-order valence-corrected chi connectivity index (χ1v) is 13.7. The second-order valence-electron chi connectivity index (χ2n) is 7.92. The normalized spacial score (nSPS) is 15.5. The second kappa shape index (κ2) is 10.6. The maximum atomic E-state index is 13.2. The van der Waals surface area contributed by atoms with Gasteiger partial charge in [-0.3, -0.25) is 4.79 Å². The topological polar surface area (TPSA) is 113 Å². The summed E-state index contributed by atoms with van der Waals surface area (Å²) in [5, 5.41) is 2.68. The highest BCUT2D eigenvalue weighted by atomic mass is 32.2. The molecule has 2 aromatic carbocycles. The van der Waals surface area contributed by atoms with E-state index in [1.165, 1.54) is 40.7 Å². The molecule has 0 aromatic heterocycles. The van der Waals surface area contributed by atoms with E-state index in [1.54, 1.807) is 19.1 Å². The van der Waals surface area contributed by atoms with Gasteiger partial charge in [-0.05, 0) is 55.7 Å². The fourth-order valence-electron chi connectivity index (χ4n) is 3.64. The first kappa shape index (κ1) is 25.1. The van der Waals surface area contributed by atoms with Gasteiger partial charge in [0.25, 0.3) is 5.91 Å². The van der Waals surface area contributed by atoms with Gasteiger partial charge in [0, 0.05) is 30.9 Å². The van der Waals surface area contributed by atoms with Crippen LogP contribution in [-0.4, -0.2) is 46.7 Å². The van der Waals surface area contributed by atoms with Crippen molar-refractivity contribution in [2.75, 3.05) is 25.0 Å². The van der Waals surface area contributed by atoms with E-state index in [9.17, 15) is 21.6 Å². The number of aryl methyl sites for hydroxylation is 1. The van der Waals surface area contributed by atoms with E-state index in [0.717, 1.165) is 25.7 Å². The number of rotatable bonds is 8. The Balaban J connectivity index is 1.84. The minimum atomic E-state index is -3.78. The number of amides is 1. The molecule has 0 saturated carbocycles. The molecule has 10 heteroatoms. The minimum Gasteiger partial charge on any atom is -0.322 e. The van der Waals surface area contributed by atoms with E-state index in [1.807, 2.05) is 0 Å². The van der Waals surface area contributed by atoms with E-state index in [0.29, 0.717) is 24.3 Å². The van der Waals surface area contributed by atoms with Crippen molar-refractivity contribution in [2.24, 2.45) is 0 Å². The van der Waals surface area contributed by atoms with E-state index in [-0.39, 0.29) is 21.9 Å². The van der Waals surface area contributed by atoms with Gasteiger partial charge in [-0.2, -0.15) is 4.31 Å². The average molecular weight is 492 g/mol. The van der Waals surface area contributed by atoms with E-state index in [2.05, 4.69) is 16.6 Å². The van der Waals surface area contributed by atoms with Crippen LogP contribution in [0.2, 0.25) is 0 Å². The van der Waals surface area contributed by atoms with Crippen molar-refractivity contribution in [3.63, 3.8) is 0 Å². The highest BCUT2D eigenvalue weighted by Gasteiger charge is 2.27. The Morgan fingerprint density at radius 3 is 2.39 bits per heavy atom. The number of nitrogens with one attached hydrogen (secondary N) is 2. The molecule has 0 unspecified atom stereocenters. The third-order valence-electron chi connectivity index (χ3n) is 5.45. The van der Waals surface area contributed by atoms with Crippen LogP contribution in [0.4, 0.5) is 5.69 Å². The van der Waals surface area contributed by atoms with Crippen LogP contribution in [0.3, 0.4) is 0 Å². The molecular formula is C23H29N3O5S2. The Bertz CT molecular complexity index is 1230. The van der Waals surface area contributed by atoms with Crippen molar-refractivity contribution in [1.82, 2.24) is 9.03 Å². The third-order valence-corrected chi connectivity index (χ3v) is 8.91. The number of nitrogens with zero attached hydrogens (tertiary/aromatic N) is 1. The molecule has 1 amide bonds. The number of sulfonamides is 2. The smallest absolute Gasteiger partial charge is 0.255 e. The first-order valence-electron chi connectivity index (χ1n) is 10.8. The summed E-state index contributed by atoms with van der Waals surface area (Å²) in [6.07, 6.45) is 5.10. The molecule has 1 fully saturated rings. The zero-order valence-corrected chi connectivity index (χ0v) is 20.2. The fraction of sp³-hybridized carbons (Fsp3) is 0.348. The highest BCUT2D eigenvalue weighted by Crippen LogP contribution is 2.26. The number of anilines is 1. The predicted octanol–water partition coefficient (Wildman–Crippen LogP) is 3.28. The predicted molar refractivity (Wildman–Crippen MR) is 128 cm³/mol. The standard InChI is InChI=1S/C23H29N3O5S2/c1-3-13-24-32(28,29)21-10-8-9-19(16-21)23(27)25-20-12-11-18(2)22(17-20)33(30,31)26-14-6-4-5-7-15-26/h3,8-12,16-17,24H,1,4-7,13-15H2,2H3,(H,25,27). The van der Waals surface area contributed by atoms with Crippen LogP contribution < -0.4 is 10.0 Å². The van der Waals surface area contributed by atoms with Crippen LogP contribution in [0.15, 0.2) is 64.9 Å². The minimum absolute atomic E-state index is 0.0506. The Morgan fingerprint density at radius 2 is 1.73 bits per heavy atom. The summed E-state index contributed by atoms with van der Waals surface area (Å²) >= 11 is 0. The molecule has 8 nitrogen and oxygen atoms in total. The molecule has 2 aromatic rings. The molecule has 1 aliphatic heterocycles. The van der Waals surface area contributed by atoms with Crippen molar-refractivity contribution in [1.29, 1.82) is 0 Å². The van der Waals surface area contributed by atoms with Crippen molar-refractivity contribution >= 4 is 31.6 Å². The molecular weight excluding hydrogens is 462 g/mol. The zero-order chi connectivity index (χ0) is 24.1. The molecule has 0 radical (unpaired) electrons. The first-order chi connectivity index (χ1) is 15.6. The molecule has 0 bridgehead atoms. The molecule has 2 N–H and O–H groups in total. The maximum Gasteiger partial charge on any atom is 0.255 e. The Morgan fingerprint density at radius 1 is 1.03 bits per heavy atom. The molecule has 1 saturated heterocycles. The van der Waals surface area contributed by atoms with Crippen LogP contribution in [0.5, 0.6) is 0 Å². The largest absolute Gasteiger partial charge is 0.322 e. The summed E-state index contributed by atoms with van der Waals surface area (Å²) in [5.41, 5.74) is 1.05. The number of benzene rings is 2. The summed E-state index contributed by atoms with van der Waals surface area (Å²) in [4.78, 5) is 12.9. The van der Waals surface area contributed by atoms with Crippen molar-refractivity contribution in [3.8, 4) is 0 Å². The summed E-state index contributed by atoms with van der Waals surface area (Å²) in [7, 11) is -7.47. The lowest BCUT2D eigenvalue weighted by Crippen LogP contribution is -2.32. The number of carbonyl (C=O) groups excluding carboxylic acids is 1. The van der Waals surface area contributed by atoms with Crippen LogP contribution in [0.25, 0.3) is 0 Å². The van der Waals surface area contributed by atoms with Crippen molar-refractivity contribution in [2.45, 2.75) is 42.4 Å². The van der Waals surface area contributed by atoms with Gasteiger partial charge in [-0.15, -0.1) is 6.58 Å². The van der Waals surface area contributed by atoms with E-state index >= 15 is 0 Å². The maximum absolute atomic E-state index is 13.2. The summed E-state index contributed by atoms with van der Waals surface area (Å²) < 4.78 is 55.0. The van der Waals surface area contributed by atoms with Gasteiger partial charge in [-0.1, -0.05) is 31.1 Å². The quantitative estimate of drug-likeness (QED) is 0.551. The highest BCUT2D eigenvalue weighted by molar-refractivity contribution is 7.89. The summed E-state index contributed by atoms with van der Waals surface area (Å²) in [6, 6.07) is 10.4. The molecule has 0 aliphatic carbocycles. The zero-order valence-electron chi connectivity index (χ0n) is 18.6. The third kappa shape index (κ3) is 6.08. The van der Waals surface area contributed by atoms with Crippen LogP contribution in [-0.2, 0) is 20.0 Å². The molecule has 178 valence electrons. The SMILES string of the molecule is C=CCNS(=O)(=O)c1cccc(C(=O)Nc2ccc(C)c(S(=O)(=O)N3CCCCCC3)c2)c1. The fourth-order valence-corrected chi connectivity index (χ4v) is 6.45. The number of hydrogen-bond acceptors (Lipinski definition) is 5. The van der Waals surface area contributed by atoms with E-state index in [4.69, 9.17) is 0 Å². The molecule has 1 aliphatic rings. The molecule has 0 spiro atoms. The lowest BCUT2D eigenvalue weighted by Gasteiger charge is -2.21. The number of hydrogen-bond donors (Lipinski definition) is 2. The van der Waals surface area contributed by atoms with Crippen LogP contribution >= 0.6 is 0 Å². The molecule has 1 heterocycles. The van der Waals surface area contributed by atoms with Gasteiger partial charge < -0.3 is 5.32 Å². The Kier molecular flexibility index (Phi) is 8.06. The average Bonchev–Trinajstić information content (AvgIpc) is 3.09. The second-order valence-corrected chi connectivity index (χ2v) is 11.6.